The second kappa shape index (κ2) is 5.76. The van der Waals surface area contributed by atoms with E-state index in [2.05, 4.69) is 0 Å². The molecule has 122 valence electrons. The molecule has 0 N–H and O–H groups in total. The third-order valence-electron chi connectivity index (χ3n) is 4.18. The van der Waals surface area contributed by atoms with Crippen LogP contribution in [0.1, 0.15) is 46.0 Å². The van der Waals surface area contributed by atoms with Gasteiger partial charge in [0.05, 0.1) is 13.2 Å². The summed E-state index contributed by atoms with van der Waals surface area (Å²) in [5.41, 5.74) is -2.54. The summed E-state index contributed by atoms with van der Waals surface area (Å²) in [6, 6.07) is 0. The Morgan fingerprint density at radius 2 is 1.76 bits per heavy atom. The van der Waals surface area contributed by atoms with Gasteiger partial charge in [-0.05, 0) is 39.5 Å². The highest BCUT2D eigenvalue weighted by atomic mass is 19.4. The van der Waals surface area contributed by atoms with E-state index in [1.54, 1.807) is 0 Å². The van der Waals surface area contributed by atoms with E-state index >= 15 is 0 Å². The van der Waals surface area contributed by atoms with Crippen LogP contribution in [0.5, 0.6) is 0 Å². The number of rotatable bonds is 2. The molecule has 4 nitrogen and oxygen atoms in total. The lowest BCUT2D eigenvalue weighted by atomic mass is 9.89. The van der Waals surface area contributed by atoms with Crippen LogP contribution in [0.2, 0.25) is 0 Å². The van der Waals surface area contributed by atoms with Crippen LogP contribution < -0.4 is 0 Å². The molecule has 2 rings (SSSR count). The number of esters is 1. The standard InChI is InChI=1S/C14H21F3O4/c1-12(2,14(15,16)17)11(18)21-10-6-3-4-7-13(10)19-8-5-9-20-13/h10H,3-9H2,1-2H3. The normalized spacial score (nSPS) is 26.6. The molecular formula is C14H21F3O4. The Balaban J connectivity index is 2.11. The average Bonchev–Trinajstić information content (AvgIpc) is 2.41. The van der Waals surface area contributed by atoms with Crippen LogP contribution >= 0.6 is 0 Å². The zero-order valence-corrected chi connectivity index (χ0v) is 12.3. The first kappa shape index (κ1) is 16.5. The van der Waals surface area contributed by atoms with Crippen molar-refractivity contribution in [1.82, 2.24) is 0 Å². The molecule has 1 saturated heterocycles. The molecule has 0 aromatic heterocycles. The van der Waals surface area contributed by atoms with Gasteiger partial charge in [0.2, 0.25) is 5.79 Å². The van der Waals surface area contributed by atoms with Gasteiger partial charge in [0.15, 0.2) is 11.5 Å². The van der Waals surface area contributed by atoms with Crippen molar-refractivity contribution in [2.45, 2.75) is 64.0 Å². The summed E-state index contributed by atoms with van der Waals surface area (Å²) in [6.45, 7) is 2.59. The number of carbonyl (C=O) groups is 1. The molecule has 1 spiro atoms. The molecule has 0 radical (unpaired) electrons. The molecule has 0 bridgehead atoms. The van der Waals surface area contributed by atoms with Crippen LogP contribution in [-0.4, -0.2) is 37.3 Å². The lowest BCUT2D eigenvalue weighted by Crippen LogP contribution is -2.55. The summed E-state index contributed by atoms with van der Waals surface area (Å²) in [5.74, 6) is -2.34. The second-order valence-electron chi connectivity index (χ2n) is 6.12. The maximum atomic E-state index is 12.9. The molecule has 0 amide bonds. The number of hydrogen-bond donors (Lipinski definition) is 0. The minimum Gasteiger partial charge on any atom is -0.456 e. The molecule has 21 heavy (non-hydrogen) atoms. The Labute approximate surface area is 121 Å². The average molecular weight is 310 g/mol. The predicted molar refractivity (Wildman–Crippen MR) is 67.4 cm³/mol. The van der Waals surface area contributed by atoms with E-state index in [-0.39, 0.29) is 0 Å². The SMILES string of the molecule is CC(C)(C(=O)OC1CCCCC12OCCCO2)C(F)(F)F. The van der Waals surface area contributed by atoms with E-state index in [0.29, 0.717) is 26.1 Å². The third kappa shape index (κ3) is 3.18. The lowest BCUT2D eigenvalue weighted by molar-refractivity contribution is -0.324. The van der Waals surface area contributed by atoms with Crippen LogP contribution in [0.25, 0.3) is 0 Å². The lowest BCUT2D eigenvalue weighted by Gasteiger charge is -2.45. The zero-order valence-electron chi connectivity index (χ0n) is 12.3. The highest BCUT2D eigenvalue weighted by molar-refractivity contribution is 5.77. The molecule has 1 aliphatic carbocycles. The van der Waals surface area contributed by atoms with Crippen molar-refractivity contribution in [3.05, 3.63) is 0 Å². The molecular weight excluding hydrogens is 289 g/mol. The molecule has 0 aromatic carbocycles. The Morgan fingerprint density at radius 1 is 1.14 bits per heavy atom. The molecule has 2 fully saturated rings. The highest BCUT2D eigenvalue weighted by Gasteiger charge is 2.56. The van der Waals surface area contributed by atoms with Crippen molar-refractivity contribution in [2.75, 3.05) is 13.2 Å². The first-order valence-corrected chi connectivity index (χ1v) is 7.25. The maximum absolute atomic E-state index is 12.9. The van der Waals surface area contributed by atoms with Gasteiger partial charge >= 0.3 is 12.1 Å². The first-order valence-electron chi connectivity index (χ1n) is 7.25. The summed E-state index contributed by atoms with van der Waals surface area (Å²) in [6.07, 6.45) is -2.08. The fourth-order valence-electron chi connectivity index (χ4n) is 2.54. The van der Waals surface area contributed by atoms with Crippen molar-refractivity contribution < 1.29 is 32.2 Å². The second-order valence-corrected chi connectivity index (χ2v) is 6.12. The van der Waals surface area contributed by atoms with Gasteiger partial charge in [0, 0.05) is 6.42 Å². The number of carbonyl (C=O) groups excluding carboxylic acids is 1. The van der Waals surface area contributed by atoms with Crippen LogP contribution in [-0.2, 0) is 19.0 Å². The van der Waals surface area contributed by atoms with Crippen LogP contribution in [0.3, 0.4) is 0 Å². The van der Waals surface area contributed by atoms with Crippen molar-refractivity contribution >= 4 is 5.97 Å². The van der Waals surface area contributed by atoms with Crippen molar-refractivity contribution in [3.8, 4) is 0 Å². The van der Waals surface area contributed by atoms with E-state index in [4.69, 9.17) is 14.2 Å². The smallest absolute Gasteiger partial charge is 0.404 e. The topological polar surface area (TPSA) is 44.8 Å². The van der Waals surface area contributed by atoms with Crippen molar-refractivity contribution in [3.63, 3.8) is 0 Å². The van der Waals surface area contributed by atoms with E-state index in [1.807, 2.05) is 0 Å². The van der Waals surface area contributed by atoms with E-state index in [9.17, 15) is 18.0 Å². The highest BCUT2D eigenvalue weighted by Crippen LogP contribution is 2.42. The molecule has 2 aliphatic rings. The molecule has 1 saturated carbocycles. The number of alkyl halides is 3. The fourth-order valence-corrected chi connectivity index (χ4v) is 2.54. The van der Waals surface area contributed by atoms with Crippen LogP contribution in [0.15, 0.2) is 0 Å². The van der Waals surface area contributed by atoms with Gasteiger partial charge in [0.25, 0.3) is 0 Å². The Bertz CT molecular complexity index is 378. The first-order chi connectivity index (χ1) is 9.69. The quantitative estimate of drug-likeness (QED) is 0.735. The summed E-state index contributed by atoms with van der Waals surface area (Å²) in [5, 5.41) is 0. The fraction of sp³-hybridized carbons (Fsp3) is 0.929. The van der Waals surface area contributed by atoms with Crippen LogP contribution in [0, 0.1) is 5.41 Å². The molecule has 1 heterocycles. The van der Waals surface area contributed by atoms with Gasteiger partial charge in [-0.25, -0.2) is 0 Å². The van der Waals surface area contributed by atoms with Gasteiger partial charge in [0.1, 0.15) is 0 Å². The Hall–Kier alpha value is -0.820. The van der Waals surface area contributed by atoms with Gasteiger partial charge < -0.3 is 14.2 Å². The minimum atomic E-state index is -4.65. The Morgan fingerprint density at radius 3 is 2.33 bits per heavy atom. The minimum absolute atomic E-state index is 0.458. The number of halogens is 3. The summed E-state index contributed by atoms with van der Waals surface area (Å²) >= 11 is 0. The van der Waals surface area contributed by atoms with Gasteiger partial charge in [-0.3, -0.25) is 4.79 Å². The number of hydrogen-bond acceptors (Lipinski definition) is 4. The third-order valence-corrected chi connectivity index (χ3v) is 4.18. The van der Waals surface area contributed by atoms with Crippen LogP contribution in [0.4, 0.5) is 13.2 Å². The summed E-state index contributed by atoms with van der Waals surface area (Å²) in [7, 11) is 0. The summed E-state index contributed by atoms with van der Waals surface area (Å²) in [4.78, 5) is 12.0. The van der Waals surface area contributed by atoms with Gasteiger partial charge in [-0.2, -0.15) is 13.2 Å². The monoisotopic (exact) mass is 310 g/mol. The molecule has 7 heteroatoms. The van der Waals surface area contributed by atoms with E-state index in [1.165, 1.54) is 0 Å². The predicted octanol–water partition coefficient (Wildman–Crippen LogP) is 3.19. The summed E-state index contributed by atoms with van der Waals surface area (Å²) < 4.78 is 55.2. The molecule has 0 aromatic rings. The number of ether oxygens (including phenoxy) is 3. The maximum Gasteiger partial charge on any atom is 0.404 e. The van der Waals surface area contributed by atoms with Crippen molar-refractivity contribution in [1.29, 1.82) is 0 Å². The molecule has 1 aliphatic heterocycles. The molecule has 1 unspecified atom stereocenters. The Kier molecular flexibility index (Phi) is 4.54. The van der Waals surface area contributed by atoms with E-state index < -0.39 is 29.5 Å². The van der Waals surface area contributed by atoms with Gasteiger partial charge in [-0.15, -0.1) is 0 Å². The van der Waals surface area contributed by atoms with Crippen molar-refractivity contribution in [2.24, 2.45) is 5.41 Å². The van der Waals surface area contributed by atoms with Gasteiger partial charge in [-0.1, -0.05) is 0 Å². The zero-order chi connectivity index (χ0) is 15.7. The van der Waals surface area contributed by atoms with E-state index in [0.717, 1.165) is 33.1 Å². The molecule has 1 atom stereocenters. The largest absolute Gasteiger partial charge is 0.456 e.